The van der Waals surface area contributed by atoms with E-state index in [9.17, 15) is 24.3 Å². The van der Waals surface area contributed by atoms with Crippen LogP contribution in [-0.2, 0) is 25.5 Å². The topological polar surface area (TPSA) is 154 Å². The molecule has 3 fully saturated rings. The Morgan fingerprint density at radius 1 is 1.02 bits per heavy atom. The van der Waals surface area contributed by atoms with Gasteiger partial charge in [-0.1, -0.05) is 18.2 Å². The summed E-state index contributed by atoms with van der Waals surface area (Å²) in [6, 6.07) is 12.4. The molecule has 3 saturated heterocycles. The first-order valence-corrected chi connectivity index (χ1v) is 15.7. The van der Waals surface area contributed by atoms with Crippen LogP contribution in [0.3, 0.4) is 0 Å². The molecule has 0 unspecified atom stereocenters. The van der Waals surface area contributed by atoms with E-state index in [1.54, 1.807) is 34.1 Å². The van der Waals surface area contributed by atoms with E-state index < -0.39 is 17.4 Å². The van der Waals surface area contributed by atoms with Crippen molar-refractivity contribution in [2.75, 3.05) is 45.8 Å². The first-order valence-electron chi connectivity index (χ1n) is 15.7. The fraction of sp³-hybridized carbons (Fsp3) is 0.515. The van der Waals surface area contributed by atoms with Crippen molar-refractivity contribution in [2.24, 2.45) is 17.6 Å². The monoisotopic (exact) mass is 639 g/mol. The van der Waals surface area contributed by atoms with Crippen LogP contribution in [0.4, 0.5) is 0 Å². The van der Waals surface area contributed by atoms with Crippen molar-refractivity contribution < 1.29 is 29.0 Å². The number of aromatic hydroxyl groups is 1. The highest BCUT2D eigenvalue weighted by atomic mass is 35.5. The Hall–Kier alpha value is -3.67. The van der Waals surface area contributed by atoms with Crippen LogP contribution in [-0.4, -0.2) is 96.1 Å². The van der Waals surface area contributed by atoms with Gasteiger partial charge in [0, 0.05) is 56.8 Å². The number of hydrogen-bond acceptors (Lipinski definition) is 7. The van der Waals surface area contributed by atoms with Gasteiger partial charge in [0.2, 0.25) is 17.7 Å². The number of amides is 4. The van der Waals surface area contributed by atoms with Crippen molar-refractivity contribution >= 4 is 36.0 Å². The van der Waals surface area contributed by atoms with Gasteiger partial charge in [-0.25, -0.2) is 0 Å². The fourth-order valence-electron chi connectivity index (χ4n) is 7.45. The van der Waals surface area contributed by atoms with E-state index in [2.05, 4.69) is 10.6 Å². The number of carbonyl (C=O) groups is 4. The van der Waals surface area contributed by atoms with E-state index in [-0.39, 0.29) is 54.3 Å². The van der Waals surface area contributed by atoms with Gasteiger partial charge >= 0.3 is 0 Å². The van der Waals surface area contributed by atoms with Gasteiger partial charge in [-0.15, -0.1) is 12.4 Å². The Labute approximate surface area is 269 Å². The smallest absolute Gasteiger partial charge is 0.251 e. The summed E-state index contributed by atoms with van der Waals surface area (Å²) in [6.07, 6.45) is 3.02. The van der Waals surface area contributed by atoms with Crippen LogP contribution >= 0.6 is 12.4 Å². The fourth-order valence-corrected chi connectivity index (χ4v) is 7.45. The lowest BCUT2D eigenvalue weighted by molar-refractivity contribution is -0.144. The summed E-state index contributed by atoms with van der Waals surface area (Å²) >= 11 is 0. The van der Waals surface area contributed by atoms with Gasteiger partial charge in [-0.05, 0) is 67.5 Å². The second-order valence-electron chi connectivity index (χ2n) is 12.4. The molecule has 6 rings (SSSR count). The van der Waals surface area contributed by atoms with E-state index >= 15 is 0 Å². The number of halogens is 1. The number of benzene rings is 2. The second kappa shape index (κ2) is 13.8. The molecule has 4 amide bonds. The van der Waals surface area contributed by atoms with Crippen LogP contribution < -0.4 is 16.4 Å². The first kappa shape index (κ1) is 32.7. The second-order valence-corrected chi connectivity index (χ2v) is 12.4. The maximum atomic E-state index is 14.1. The lowest BCUT2D eigenvalue weighted by atomic mass is 9.72. The number of hydrogen-bond donors (Lipinski definition) is 4. The van der Waals surface area contributed by atoms with Gasteiger partial charge in [0.25, 0.3) is 5.91 Å². The molecule has 242 valence electrons. The van der Waals surface area contributed by atoms with Gasteiger partial charge in [-0.3, -0.25) is 19.2 Å². The molecule has 6 bridgehead atoms. The minimum absolute atomic E-state index is 0. The van der Waals surface area contributed by atoms with Crippen LogP contribution in [0.25, 0.3) is 11.1 Å². The van der Waals surface area contributed by atoms with Crippen molar-refractivity contribution in [3.05, 3.63) is 53.6 Å². The van der Waals surface area contributed by atoms with Gasteiger partial charge in [0.05, 0.1) is 30.1 Å². The number of likely N-dealkylation sites (tertiary alicyclic amines) is 1. The molecule has 1 spiro atoms. The number of ether oxygens (including phenoxy) is 1. The molecule has 0 saturated carbocycles. The van der Waals surface area contributed by atoms with Crippen LogP contribution in [0.15, 0.2) is 42.5 Å². The number of nitrogens with one attached hydrogen (secondary N) is 2. The largest absolute Gasteiger partial charge is 0.507 e. The van der Waals surface area contributed by atoms with Crippen LogP contribution in [0.5, 0.6) is 5.75 Å². The van der Waals surface area contributed by atoms with E-state index in [0.29, 0.717) is 81.8 Å². The van der Waals surface area contributed by atoms with Crippen LogP contribution in [0.1, 0.15) is 48.0 Å². The molecule has 4 aliphatic rings. The number of rotatable bonds is 3. The summed E-state index contributed by atoms with van der Waals surface area (Å²) in [4.78, 5) is 56.8. The van der Waals surface area contributed by atoms with Crippen LogP contribution in [0, 0.1) is 11.8 Å². The summed E-state index contributed by atoms with van der Waals surface area (Å²) in [5.41, 5.74) is 7.88. The Kier molecular flexibility index (Phi) is 10.0. The lowest BCUT2D eigenvalue weighted by Gasteiger charge is -2.32. The third-order valence-electron chi connectivity index (χ3n) is 9.55. The van der Waals surface area contributed by atoms with Gasteiger partial charge in [-0.2, -0.15) is 0 Å². The highest BCUT2D eigenvalue weighted by molar-refractivity contribution is 5.96. The lowest BCUT2D eigenvalue weighted by Crippen LogP contribution is -2.48. The molecule has 0 radical (unpaired) electrons. The molecule has 12 heteroatoms. The minimum atomic E-state index is -0.620. The molecule has 0 aliphatic carbocycles. The first-order chi connectivity index (χ1) is 21.3. The van der Waals surface area contributed by atoms with E-state index in [1.807, 2.05) is 18.2 Å². The molecule has 11 nitrogen and oxygen atoms in total. The van der Waals surface area contributed by atoms with Crippen LogP contribution in [0.2, 0.25) is 0 Å². The molecule has 45 heavy (non-hydrogen) atoms. The van der Waals surface area contributed by atoms with Crippen molar-refractivity contribution in [3.63, 3.8) is 0 Å². The molecule has 4 heterocycles. The van der Waals surface area contributed by atoms with Gasteiger partial charge in [0.1, 0.15) is 5.75 Å². The summed E-state index contributed by atoms with van der Waals surface area (Å²) in [6.45, 7) is 2.80. The molecule has 2 aromatic rings. The quantitative estimate of drug-likeness (QED) is 0.400. The Bertz CT molecular complexity index is 1450. The van der Waals surface area contributed by atoms with E-state index in [4.69, 9.17) is 10.5 Å². The number of nitrogens with two attached hydrogens (primary N) is 1. The SMILES string of the molecule is Cl.NCCN1C[C@]23CC[C@H](O2)[C@H](C(=O)N2CCCNC(=O)c4cccc(c4)-c4cc(ccc4O)CCNC(=O)CCC2)[C@@H]3C1=O. The summed E-state index contributed by atoms with van der Waals surface area (Å²) in [5, 5.41) is 16.4. The predicted octanol–water partition coefficient (Wildman–Crippen LogP) is 1.85. The summed E-state index contributed by atoms with van der Waals surface area (Å²) in [7, 11) is 0. The minimum Gasteiger partial charge on any atom is -0.507 e. The van der Waals surface area contributed by atoms with Crippen molar-refractivity contribution in [1.82, 2.24) is 20.4 Å². The average molecular weight is 640 g/mol. The average Bonchev–Trinajstić information content (AvgIpc) is 3.66. The zero-order valence-corrected chi connectivity index (χ0v) is 26.2. The van der Waals surface area contributed by atoms with Gasteiger partial charge < -0.3 is 36.0 Å². The number of nitrogens with zero attached hydrogens (tertiary/aromatic N) is 2. The Morgan fingerprint density at radius 3 is 2.64 bits per heavy atom. The maximum Gasteiger partial charge on any atom is 0.251 e. The normalized spacial score (nSPS) is 27.0. The molecule has 5 N–H and O–H groups in total. The third kappa shape index (κ3) is 6.52. The number of phenols is 1. The number of fused-ring (bicyclic) bond motifs is 6. The Balaban J connectivity index is 0.00000400. The van der Waals surface area contributed by atoms with E-state index in [1.165, 1.54) is 0 Å². The summed E-state index contributed by atoms with van der Waals surface area (Å²) in [5.74, 6) is -1.46. The van der Waals surface area contributed by atoms with E-state index in [0.717, 1.165) is 18.4 Å². The highest BCUT2D eigenvalue weighted by Gasteiger charge is 2.69. The predicted molar refractivity (Wildman–Crippen MR) is 170 cm³/mol. The maximum absolute atomic E-state index is 14.1. The van der Waals surface area contributed by atoms with Crippen molar-refractivity contribution in [2.45, 2.75) is 50.2 Å². The van der Waals surface area contributed by atoms with Crippen molar-refractivity contribution in [3.8, 4) is 16.9 Å². The Morgan fingerprint density at radius 2 is 1.82 bits per heavy atom. The third-order valence-corrected chi connectivity index (χ3v) is 9.55. The molecule has 4 atom stereocenters. The van der Waals surface area contributed by atoms with Gasteiger partial charge in [0.15, 0.2) is 0 Å². The molecular formula is C33H42ClN5O6. The molecule has 4 aliphatic heterocycles. The zero-order chi connectivity index (χ0) is 30.8. The molecule has 2 aromatic carbocycles. The standard InChI is InChI=1S/C33H41N5O6.ClH/c34-12-17-38-20-33-11-9-26(44-33)28(29(33)32(38)43)31(42)37-15-2-6-27(40)35-14-10-21-7-8-25(39)24(18-21)22-4-1-5-23(19-22)30(41)36-13-3-16-37;/h1,4-5,7-8,18-19,26,28-29,39H,2-3,6,9-17,20,34H2,(H,35,40)(H,36,41);1H/t26-,28-,29+,33-;/m0./s1. The highest BCUT2D eigenvalue weighted by Crippen LogP contribution is 2.55. The zero-order valence-electron chi connectivity index (χ0n) is 25.3. The number of phenolic OH excluding ortho intramolecular Hbond substituents is 1. The molecule has 0 aromatic heterocycles. The molecular weight excluding hydrogens is 598 g/mol. The summed E-state index contributed by atoms with van der Waals surface area (Å²) < 4.78 is 6.37. The van der Waals surface area contributed by atoms with Crippen molar-refractivity contribution in [1.29, 1.82) is 0 Å². The number of carbonyl (C=O) groups excluding carboxylic acids is 4.